The van der Waals surface area contributed by atoms with Crippen LogP contribution < -0.4 is 4.74 Å². The van der Waals surface area contributed by atoms with E-state index in [2.05, 4.69) is 10.2 Å². The van der Waals surface area contributed by atoms with Gasteiger partial charge in [0.2, 0.25) is 5.89 Å². The van der Waals surface area contributed by atoms with Crippen LogP contribution in [-0.4, -0.2) is 10.2 Å². The van der Waals surface area contributed by atoms with Crippen LogP contribution in [0, 0.1) is 0 Å². The van der Waals surface area contributed by atoms with Gasteiger partial charge in [0.25, 0.3) is 5.89 Å². The minimum absolute atomic E-state index is 0.253. The largest absolute Gasteiger partial charge is 0.482 e. The highest BCUT2D eigenvalue weighted by Crippen LogP contribution is 2.39. The first-order chi connectivity index (χ1) is 8.33. The number of aromatic nitrogens is 2. The van der Waals surface area contributed by atoms with Crippen molar-refractivity contribution in [3.63, 3.8) is 0 Å². The molecule has 0 unspecified atom stereocenters. The molecule has 1 aliphatic rings. The number of nitrogens with zero attached hydrogens (tertiary/aromatic N) is 2. The maximum Gasteiger partial charge on any atom is 0.253 e. The summed E-state index contributed by atoms with van der Waals surface area (Å²) < 4.78 is 11.0. The molecule has 0 bridgehead atoms. The summed E-state index contributed by atoms with van der Waals surface area (Å²) in [6.07, 6.45) is 2.29. The molecule has 17 heavy (non-hydrogen) atoms. The van der Waals surface area contributed by atoms with Gasteiger partial charge in [0.05, 0.1) is 5.02 Å². The van der Waals surface area contributed by atoms with Crippen molar-refractivity contribution in [2.75, 3.05) is 0 Å². The number of hydrogen-bond acceptors (Lipinski definition) is 4. The summed E-state index contributed by atoms with van der Waals surface area (Å²) in [4.78, 5) is 0. The van der Waals surface area contributed by atoms with Crippen molar-refractivity contribution in [3.05, 3.63) is 41.1 Å². The quantitative estimate of drug-likeness (QED) is 0.836. The van der Waals surface area contributed by atoms with E-state index < -0.39 is 0 Å². The molecule has 0 spiro atoms. The molecular formula is C12H11ClN2O2. The van der Waals surface area contributed by atoms with E-state index in [1.54, 1.807) is 12.1 Å². The lowest BCUT2D eigenvalue weighted by Gasteiger charge is -2.04. The molecule has 0 atom stereocenters. The highest BCUT2D eigenvalue weighted by atomic mass is 35.5. The lowest BCUT2D eigenvalue weighted by atomic mass is 10.3. The molecule has 1 aliphatic carbocycles. The number of benzene rings is 1. The molecule has 2 aromatic rings. The van der Waals surface area contributed by atoms with Gasteiger partial charge in [0.1, 0.15) is 5.75 Å². The van der Waals surface area contributed by atoms with Crippen molar-refractivity contribution in [3.8, 4) is 5.75 Å². The average molecular weight is 251 g/mol. The number of ether oxygens (including phenoxy) is 1. The second kappa shape index (κ2) is 4.37. The standard InChI is InChI=1S/C12H11ClN2O2/c13-9-3-1-2-4-10(9)16-7-11-14-15-12(17-11)8-5-6-8/h1-4,8H,5-7H2. The van der Waals surface area contributed by atoms with E-state index >= 15 is 0 Å². The van der Waals surface area contributed by atoms with Gasteiger partial charge in [-0.15, -0.1) is 10.2 Å². The van der Waals surface area contributed by atoms with E-state index in [1.807, 2.05) is 12.1 Å². The van der Waals surface area contributed by atoms with Crippen LogP contribution in [0.2, 0.25) is 5.02 Å². The minimum Gasteiger partial charge on any atom is -0.482 e. The molecule has 0 saturated heterocycles. The maximum absolute atomic E-state index is 5.96. The topological polar surface area (TPSA) is 48.2 Å². The Balaban J connectivity index is 1.65. The third kappa shape index (κ3) is 2.42. The number of hydrogen-bond donors (Lipinski definition) is 0. The monoisotopic (exact) mass is 250 g/mol. The smallest absolute Gasteiger partial charge is 0.253 e. The lowest BCUT2D eigenvalue weighted by molar-refractivity contribution is 0.259. The number of para-hydroxylation sites is 1. The van der Waals surface area contributed by atoms with E-state index in [0.29, 0.717) is 22.6 Å². The summed E-state index contributed by atoms with van der Waals surface area (Å²) in [7, 11) is 0. The van der Waals surface area contributed by atoms with E-state index in [0.717, 1.165) is 18.7 Å². The molecule has 1 saturated carbocycles. The summed E-state index contributed by atoms with van der Waals surface area (Å²) >= 11 is 5.96. The van der Waals surface area contributed by atoms with E-state index in [9.17, 15) is 0 Å². The first kappa shape index (κ1) is 10.6. The fraction of sp³-hybridized carbons (Fsp3) is 0.333. The summed E-state index contributed by atoms with van der Waals surface area (Å²) in [5.74, 6) is 2.31. The molecule has 1 aromatic carbocycles. The molecule has 4 nitrogen and oxygen atoms in total. The van der Waals surface area contributed by atoms with E-state index in [1.165, 1.54) is 0 Å². The van der Waals surface area contributed by atoms with Crippen LogP contribution in [0.5, 0.6) is 5.75 Å². The predicted molar refractivity (Wildman–Crippen MR) is 62.1 cm³/mol. The van der Waals surface area contributed by atoms with Crippen LogP contribution in [-0.2, 0) is 6.61 Å². The van der Waals surface area contributed by atoms with Gasteiger partial charge in [-0.1, -0.05) is 23.7 Å². The van der Waals surface area contributed by atoms with Gasteiger partial charge < -0.3 is 9.15 Å². The summed E-state index contributed by atoms with van der Waals surface area (Å²) in [6.45, 7) is 0.253. The highest BCUT2D eigenvalue weighted by Gasteiger charge is 2.29. The second-order valence-corrected chi connectivity index (χ2v) is 4.43. The highest BCUT2D eigenvalue weighted by molar-refractivity contribution is 6.32. The maximum atomic E-state index is 5.96. The van der Waals surface area contributed by atoms with Crippen molar-refractivity contribution in [1.82, 2.24) is 10.2 Å². The molecule has 0 radical (unpaired) electrons. The van der Waals surface area contributed by atoms with Gasteiger partial charge in [-0.05, 0) is 25.0 Å². The molecule has 1 fully saturated rings. The van der Waals surface area contributed by atoms with Gasteiger partial charge in [-0.25, -0.2) is 0 Å². The molecule has 88 valence electrons. The van der Waals surface area contributed by atoms with E-state index in [-0.39, 0.29) is 6.61 Å². The third-order valence-electron chi connectivity index (χ3n) is 2.60. The fourth-order valence-electron chi connectivity index (χ4n) is 1.52. The first-order valence-corrected chi connectivity index (χ1v) is 5.90. The summed E-state index contributed by atoms with van der Waals surface area (Å²) in [6, 6.07) is 7.30. The zero-order chi connectivity index (χ0) is 11.7. The molecule has 0 amide bonds. The van der Waals surface area contributed by atoms with Crippen molar-refractivity contribution >= 4 is 11.6 Å². The Kier molecular flexibility index (Phi) is 2.73. The third-order valence-corrected chi connectivity index (χ3v) is 2.91. The van der Waals surface area contributed by atoms with Crippen molar-refractivity contribution < 1.29 is 9.15 Å². The lowest BCUT2D eigenvalue weighted by Crippen LogP contribution is -1.96. The summed E-state index contributed by atoms with van der Waals surface area (Å²) in [5.41, 5.74) is 0. The van der Waals surface area contributed by atoms with Gasteiger partial charge in [0, 0.05) is 5.92 Å². The zero-order valence-electron chi connectivity index (χ0n) is 9.10. The van der Waals surface area contributed by atoms with E-state index in [4.69, 9.17) is 20.8 Å². The van der Waals surface area contributed by atoms with Crippen molar-refractivity contribution in [2.24, 2.45) is 0 Å². The molecule has 5 heteroatoms. The van der Waals surface area contributed by atoms with Crippen LogP contribution in [0.4, 0.5) is 0 Å². The molecule has 1 aromatic heterocycles. The van der Waals surface area contributed by atoms with Crippen LogP contribution in [0.25, 0.3) is 0 Å². The SMILES string of the molecule is Clc1ccccc1OCc1nnc(C2CC2)o1. The van der Waals surface area contributed by atoms with Gasteiger partial charge in [-0.3, -0.25) is 0 Å². The van der Waals surface area contributed by atoms with Crippen LogP contribution >= 0.6 is 11.6 Å². The first-order valence-electron chi connectivity index (χ1n) is 5.52. The average Bonchev–Trinajstić information content (AvgIpc) is 3.08. The number of halogens is 1. The Hall–Kier alpha value is -1.55. The molecule has 0 N–H and O–H groups in total. The zero-order valence-corrected chi connectivity index (χ0v) is 9.85. The van der Waals surface area contributed by atoms with Crippen molar-refractivity contribution in [2.45, 2.75) is 25.4 Å². The Labute approximate surface area is 104 Å². The molecular weight excluding hydrogens is 240 g/mol. The second-order valence-electron chi connectivity index (χ2n) is 4.03. The summed E-state index contributed by atoms with van der Waals surface area (Å²) in [5, 5.41) is 8.50. The Bertz CT molecular complexity index is 523. The Morgan fingerprint density at radius 2 is 2.12 bits per heavy atom. The van der Waals surface area contributed by atoms with Gasteiger partial charge in [-0.2, -0.15) is 0 Å². The van der Waals surface area contributed by atoms with Gasteiger partial charge in [0.15, 0.2) is 6.61 Å². The molecule has 1 heterocycles. The molecule has 0 aliphatic heterocycles. The van der Waals surface area contributed by atoms with Crippen LogP contribution in [0.3, 0.4) is 0 Å². The number of rotatable bonds is 4. The van der Waals surface area contributed by atoms with Crippen LogP contribution in [0.15, 0.2) is 28.7 Å². The fourth-order valence-corrected chi connectivity index (χ4v) is 1.71. The Morgan fingerprint density at radius 3 is 2.88 bits per heavy atom. The van der Waals surface area contributed by atoms with Crippen LogP contribution in [0.1, 0.15) is 30.5 Å². The minimum atomic E-state index is 0.253. The predicted octanol–water partition coefficient (Wildman–Crippen LogP) is 3.18. The Morgan fingerprint density at radius 1 is 1.29 bits per heavy atom. The molecule has 3 rings (SSSR count). The normalized spacial score (nSPS) is 14.9. The van der Waals surface area contributed by atoms with Crippen molar-refractivity contribution in [1.29, 1.82) is 0 Å². The van der Waals surface area contributed by atoms with Gasteiger partial charge >= 0.3 is 0 Å².